The van der Waals surface area contributed by atoms with Crippen LogP contribution in [-0.2, 0) is 11.2 Å². The topological polar surface area (TPSA) is 78.5 Å². The zero-order valence-electron chi connectivity index (χ0n) is 16.1. The van der Waals surface area contributed by atoms with Crippen molar-refractivity contribution in [3.63, 3.8) is 0 Å². The standard InChI is InChI=1S/C23H16ClN3O3S/c24-15-7-5-14(6-8-15)13-20(28)26-23(31)25-16-9-11-17(12-10-16)27-21(29)18-3-1-2-4-19(18)22(27)30/h1-12H,13H2,(H2,25,26,28,31). The molecule has 154 valence electrons. The van der Waals surface area contributed by atoms with Gasteiger partial charge in [0.2, 0.25) is 5.91 Å². The van der Waals surface area contributed by atoms with E-state index in [1.165, 1.54) is 0 Å². The highest BCUT2D eigenvalue weighted by molar-refractivity contribution is 7.80. The molecule has 0 atom stereocenters. The molecule has 0 saturated carbocycles. The maximum absolute atomic E-state index is 12.6. The fourth-order valence-electron chi connectivity index (χ4n) is 3.24. The first-order chi connectivity index (χ1) is 14.9. The quantitative estimate of drug-likeness (QED) is 0.461. The third-order valence-corrected chi connectivity index (χ3v) is 5.16. The molecule has 2 N–H and O–H groups in total. The fourth-order valence-corrected chi connectivity index (χ4v) is 3.60. The smallest absolute Gasteiger partial charge is 0.266 e. The Morgan fingerprint density at radius 3 is 2.03 bits per heavy atom. The molecule has 0 spiro atoms. The van der Waals surface area contributed by atoms with Gasteiger partial charge in [0.1, 0.15) is 0 Å². The SMILES string of the molecule is O=C(Cc1ccc(Cl)cc1)NC(=S)Nc1ccc(N2C(=O)c3ccccc3C2=O)cc1. The summed E-state index contributed by atoms with van der Waals surface area (Å²) >= 11 is 11.0. The first-order valence-electron chi connectivity index (χ1n) is 9.35. The molecular formula is C23H16ClN3O3S. The van der Waals surface area contributed by atoms with Crippen LogP contribution in [-0.4, -0.2) is 22.8 Å². The summed E-state index contributed by atoms with van der Waals surface area (Å²) in [5.74, 6) is -0.972. The van der Waals surface area contributed by atoms with Crippen molar-refractivity contribution in [2.75, 3.05) is 10.2 Å². The number of nitrogens with zero attached hydrogens (tertiary/aromatic N) is 1. The summed E-state index contributed by atoms with van der Waals surface area (Å²) in [6.07, 6.45) is 0.164. The highest BCUT2D eigenvalue weighted by Crippen LogP contribution is 2.29. The number of carbonyl (C=O) groups is 3. The average molecular weight is 450 g/mol. The minimum atomic E-state index is -0.355. The molecule has 4 rings (SSSR count). The Morgan fingerprint density at radius 1 is 0.871 bits per heavy atom. The van der Waals surface area contributed by atoms with Crippen LogP contribution in [0.4, 0.5) is 11.4 Å². The van der Waals surface area contributed by atoms with Gasteiger partial charge in [0.25, 0.3) is 11.8 Å². The first-order valence-corrected chi connectivity index (χ1v) is 10.1. The lowest BCUT2D eigenvalue weighted by Crippen LogP contribution is -2.35. The summed E-state index contributed by atoms with van der Waals surface area (Å²) in [4.78, 5) is 38.4. The largest absolute Gasteiger partial charge is 0.332 e. The van der Waals surface area contributed by atoms with E-state index in [1.807, 2.05) is 0 Å². The molecule has 0 aromatic heterocycles. The van der Waals surface area contributed by atoms with Gasteiger partial charge in [-0.25, -0.2) is 4.90 Å². The minimum Gasteiger partial charge on any atom is -0.332 e. The molecule has 0 fully saturated rings. The van der Waals surface area contributed by atoms with E-state index in [1.54, 1.807) is 72.8 Å². The molecule has 0 saturated heterocycles. The van der Waals surface area contributed by atoms with Gasteiger partial charge < -0.3 is 10.6 Å². The Morgan fingerprint density at radius 2 is 1.45 bits per heavy atom. The van der Waals surface area contributed by atoms with E-state index in [0.717, 1.165) is 10.5 Å². The number of hydrogen-bond donors (Lipinski definition) is 2. The van der Waals surface area contributed by atoms with E-state index in [2.05, 4.69) is 10.6 Å². The van der Waals surface area contributed by atoms with Crippen LogP contribution < -0.4 is 15.5 Å². The monoisotopic (exact) mass is 449 g/mol. The molecule has 31 heavy (non-hydrogen) atoms. The van der Waals surface area contributed by atoms with Crippen molar-refractivity contribution < 1.29 is 14.4 Å². The molecule has 1 aliphatic heterocycles. The Bertz CT molecular complexity index is 1160. The molecular weight excluding hydrogens is 434 g/mol. The number of rotatable bonds is 4. The van der Waals surface area contributed by atoms with E-state index in [9.17, 15) is 14.4 Å². The van der Waals surface area contributed by atoms with Gasteiger partial charge in [-0.15, -0.1) is 0 Å². The van der Waals surface area contributed by atoms with E-state index in [4.69, 9.17) is 23.8 Å². The second-order valence-electron chi connectivity index (χ2n) is 6.84. The zero-order chi connectivity index (χ0) is 22.0. The molecule has 0 bridgehead atoms. The normalized spacial score (nSPS) is 12.5. The summed E-state index contributed by atoms with van der Waals surface area (Å²) in [5.41, 5.74) is 2.65. The minimum absolute atomic E-state index is 0.146. The second-order valence-corrected chi connectivity index (χ2v) is 7.69. The van der Waals surface area contributed by atoms with Crippen LogP contribution in [0.15, 0.2) is 72.8 Å². The van der Waals surface area contributed by atoms with E-state index in [0.29, 0.717) is 27.5 Å². The molecule has 0 radical (unpaired) electrons. The van der Waals surface area contributed by atoms with Crippen molar-refractivity contribution in [3.8, 4) is 0 Å². The van der Waals surface area contributed by atoms with Gasteiger partial charge in [-0.05, 0) is 66.3 Å². The molecule has 0 unspecified atom stereocenters. The van der Waals surface area contributed by atoms with Crippen LogP contribution >= 0.6 is 23.8 Å². The van der Waals surface area contributed by atoms with E-state index >= 15 is 0 Å². The van der Waals surface area contributed by atoms with Crippen molar-refractivity contribution in [2.45, 2.75) is 6.42 Å². The molecule has 8 heteroatoms. The van der Waals surface area contributed by atoms with Crippen molar-refractivity contribution in [1.29, 1.82) is 0 Å². The molecule has 3 aromatic rings. The predicted octanol–water partition coefficient (Wildman–Crippen LogP) is 4.20. The number of imide groups is 1. The Hall–Kier alpha value is -3.55. The fraction of sp³-hybridized carbons (Fsp3) is 0.0435. The third-order valence-electron chi connectivity index (χ3n) is 4.71. The van der Waals surface area contributed by atoms with Gasteiger partial charge in [0.05, 0.1) is 23.2 Å². The van der Waals surface area contributed by atoms with Crippen LogP contribution in [0.2, 0.25) is 5.02 Å². The van der Waals surface area contributed by atoms with Crippen molar-refractivity contribution in [3.05, 3.63) is 94.5 Å². The summed E-state index contributed by atoms with van der Waals surface area (Å²) < 4.78 is 0. The number of thiocarbonyl (C=S) groups is 1. The second kappa shape index (κ2) is 8.67. The molecule has 0 aliphatic carbocycles. The number of carbonyl (C=O) groups excluding carboxylic acids is 3. The molecule has 1 aliphatic rings. The first kappa shape index (κ1) is 20.7. The summed E-state index contributed by atoms with van der Waals surface area (Å²) in [7, 11) is 0. The van der Waals surface area contributed by atoms with E-state index in [-0.39, 0.29) is 29.3 Å². The molecule has 3 amide bonds. The lowest BCUT2D eigenvalue weighted by atomic mass is 10.1. The summed E-state index contributed by atoms with van der Waals surface area (Å²) in [5, 5.41) is 6.28. The highest BCUT2D eigenvalue weighted by atomic mass is 35.5. The Labute approximate surface area is 188 Å². The predicted molar refractivity (Wildman–Crippen MR) is 124 cm³/mol. The van der Waals surface area contributed by atoms with Gasteiger partial charge in [-0.2, -0.15) is 0 Å². The maximum Gasteiger partial charge on any atom is 0.266 e. The molecule has 1 heterocycles. The van der Waals surface area contributed by atoms with Crippen LogP contribution in [0.3, 0.4) is 0 Å². The summed E-state index contributed by atoms with van der Waals surface area (Å²) in [6, 6.07) is 20.3. The van der Waals surface area contributed by atoms with Crippen LogP contribution in [0, 0.1) is 0 Å². The number of anilines is 2. The number of nitrogens with one attached hydrogen (secondary N) is 2. The number of halogens is 1. The van der Waals surface area contributed by atoms with Crippen LogP contribution in [0.1, 0.15) is 26.3 Å². The van der Waals surface area contributed by atoms with Gasteiger partial charge in [0.15, 0.2) is 5.11 Å². The molecule has 6 nitrogen and oxygen atoms in total. The number of hydrogen-bond acceptors (Lipinski definition) is 4. The van der Waals surface area contributed by atoms with Crippen LogP contribution in [0.5, 0.6) is 0 Å². The number of benzene rings is 3. The lowest BCUT2D eigenvalue weighted by Gasteiger charge is -2.15. The zero-order valence-corrected chi connectivity index (χ0v) is 17.7. The summed E-state index contributed by atoms with van der Waals surface area (Å²) in [6.45, 7) is 0. The van der Waals surface area contributed by atoms with Crippen molar-refractivity contribution in [1.82, 2.24) is 5.32 Å². The number of amides is 3. The number of fused-ring (bicyclic) bond motifs is 1. The van der Waals surface area contributed by atoms with Crippen molar-refractivity contribution >= 4 is 58.0 Å². The lowest BCUT2D eigenvalue weighted by molar-refractivity contribution is -0.119. The molecule has 3 aromatic carbocycles. The Balaban J connectivity index is 1.37. The van der Waals surface area contributed by atoms with Gasteiger partial charge in [-0.1, -0.05) is 35.9 Å². The average Bonchev–Trinajstić information content (AvgIpc) is 3.01. The van der Waals surface area contributed by atoms with Gasteiger partial charge >= 0.3 is 0 Å². The third kappa shape index (κ3) is 4.47. The maximum atomic E-state index is 12.6. The Kier molecular flexibility index (Phi) is 5.79. The van der Waals surface area contributed by atoms with Crippen molar-refractivity contribution in [2.24, 2.45) is 0 Å². The highest BCUT2D eigenvalue weighted by Gasteiger charge is 2.36. The van der Waals surface area contributed by atoms with E-state index < -0.39 is 0 Å². The van der Waals surface area contributed by atoms with Gasteiger partial charge in [0, 0.05) is 10.7 Å². The van der Waals surface area contributed by atoms with Crippen LogP contribution in [0.25, 0.3) is 0 Å². The van der Waals surface area contributed by atoms with Gasteiger partial charge in [-0.3, -0.25) is 14.4 Å².